The number of thiophene rings is 1. The van der Waals surface area contributed by atoms with Gasteiger partial charge >= 0.3 is 5.97 Å². The molecule has 2 atom stereocenters. The monoisotopic (exact) mass is 421 g/mol. The van der Waals surface area contributed by atoms with Crippen molar-refractivity contribution in [3.63, 3.8) is 0 Å². The smallest absolute Gasteiger partial charge is 0.341 e. The van der Waals surface area contributed by atoms with Gasteiger partial charge in [0.2, 0.25) is 0 Å². The van der Waals surface area contributed by atoms with Crippen molar-refractivity contribution in [2.24, 2.45) is 13.0 Å². The normalized spacial score (nSPS) is 17.2. The Hall–Kier alpha value is -2.93. The maximum atomic E-state index is 12.8. The molecule has 5 rings (SSSR count). The molecule has 1 aromatic carbocycles. The van der Waals surface area contributed by atoms with Crippen LogP contribution in [0.2, 0.25) is 0 Å². The fourth-order valence-electron chi connectivity index (χ4n) is 4.34. The molecule has 7 heteroatoms. The summed E-state index contributed by atoms with van der Waals surface area (Å²) in [6.45, 7) is 3.98. The van der Waals surface area contributed by atoms with Crippen LogP contribution in [0.3, 0.4) is 0 Å². The van der Waals surface area contributed by atoms with E-state index in [1.54, 1.807) is 24.5 Å². The van der Waals surface area contributed by atoms with Crippen LogP contribution in [0.25, 0.3) is 21.1 Å². The zero-order valence-electron chi connectivity index (χ0n) is 17.2. The minimum absolute atomic E-state index is 0.143. The molecular formula is C23H23N3O3S. The number of nitrogens with one attached hydrogen (secondary N) is 1. The third-order valence-corrected chi connectivity index (χ3v) is 7.12. The van der Waals surface area contributed by atoms with Gasteiger partial charge in [-0.15, -0.1) is 11.3 Å². The number of esters is 1. The number of fused-ring (bicyclic) bond motifs is 4. The molecule has 0 amide bonds. The number of carbonyl (C=O) groups is 1. The Labute approximate surface area is 177 Å². The van der Waals surface area contributed by atoms with Crippen molar-refractivity contribution in [2.75, 3.05) is 0 Å². The molecule has 0 aliphatic heterocycles. The van der Waals surface area contributed by atoms with Crippen LogP contribution in [0, 0.1) is 5.92 Å². The lowest BCUT2D eigenvalue weighted by Gasteiger charge is -2.17. The first-order chi connectivity index (χ1) is 14.4. The van der Waals surface area contributed by atoms with E-state index in [0.29, 0.717) is 22.7 Å². The Balaban J connectivity index is 1.47. The van der Waals surface area contributed by atoms with E-state index in [1.807, 2.05) is 35.9 Å². The summed E-state index contributed by atoms with van der Waals surface area (Å²) in [5.74, 6) is 0.582. The molecule has 3 aromatic heterocycles. The fourth-order valence-corrected chi connectivity index (χ4v) is 5.73. The summed E-state index contributed by atoms with van der Waals surface area (Å²) in [6.07, 6.45) is 4.13. The van der Waals surface area contributed by atoms with Crippen LogP contribution in [0.5, 0.6) is 0 Å². The number of benzene rings is 1. The molecule has 3 heterocycles. The van der Waals surface area contributed by atoms with Crippen LogP contribution in [0.1, 0.15) is 53.0 Å². The Morgan fingerprint density at radius 1 is 1.37 bits per heavy atom. The predicted octanol–water partition coefficient (Wildman–Crippen LogP) is 4.52. The van der Waals surface area contributed by atoms with Gasteiger partial charge < -0.3 is 14.3 Å². The first-order valence-corrected chi connectivity index (χ1v) is 11.0. The number of carbonyl (C=O) groups excluding carboxylic acids is 1. The number of ether oxygens (including phenoxy) is 1. The van der Waals surface area contributed by atoms with Gasteiger partial charge in [-0.05, 0) is 43.7 Å². The first-order valence-electron chi connectivity index (χ1n) is 10.2. The third-order valence-electron chi connectivity index (χ3n) is 5.97. The van der Waals surface area contributed by atoms with Gasteiger partial charge in [0.15, 0.2) is 11.9 Å². The average molecular weight is 422 g/mol. The number of H-pyrrole nitrogens is 1. The first kappa shape index (κ1) is 19.1. The Morgan fingerprint density at radius 3 is 3.00 bits per heavy atom. The molecule has 1 N–H and O–H groups in total. The third kappa shape index (κ3) is 3.04. The summed E-state index contributed by atoms with van der Waals surface area (Å²) in [5.41, 5.74) is 2.47. The second-order valence-electron chi connectivity index (χ2n) is 8.20. The molecule has 0 unspecified atom stereocenters. The van der Waals surface area contributed by atoms with Gasteiger partial charge in [0.25, 0.3) is 5.56 Å². The quantitative estimate of drug-likeness (QED) is 0.494. The summed E-state index contributed by atoms with van der Waals surface area (Å²) in [4.78, 5) is 35.2. The molecule has 30 heavy (non-hydrogen) atoms. The predicted molar refractivity (Wildman–Crippen MR) is 118 cm³/mol. The Morgan fingerprint density at radius 2 is 2.17 bits per heavy atom. The molecule has 0 saturated carbocycles. The van der Waals surface area contributed by atoms with E-state index < -0.39 is 12.1 Å². The summed E-state index contributed by atoms with van der Waals surface area (Å²) in [6, 6.07) is 7.70. The van der Waals surface area contributed by atoms with Gasteiger partial charge in [-0.1, -0.05) is 25.1 Å². The highest BCUT2D eigenvalue weighted by atomic mass is 32.1. The van der Waals surface area contributed by atoms with Crippen molar-refractivity contribution in [1.29, 1.82) is 0 Å². The molecule has 1 aliphatic carbocycles. The second kappa shape index (κ2) is 7.09. The minimum atomic E-state index is -0.661. The number of aryl methyl sites for hydroxylation is 2. The Kier molecular flexibility index (Phi) is 4.50. The van der Waals surface area contributed by atoms with E-state index in [1.165, 1.54) is 4.88 Å². The highest BCUT2D eigenvalue weighted by Gasteiger charge is 2.25. The number of rotatable bonds is 3. The summed E-state index contributed by atoms with van der Waals surface area (Å²) >= 11 is 1.59. The van der Waals surface area contributed by atoms with Crippen LogP contribution in [-0.4, -0.2) is 20.5 Å². The number of aromatic amines is 1. The fraction of sp³-hybridized carbons (Fsp3) is 0.348. The number of hydrogen-bond acceptors (Lipinski definition) is 5. The van der Waals surface area contributed by atoms with Gasteiger partial charge in [-0.3, -0.25) is 4.79 Å². The summed E-state index contributed by atoms with van der Waals surface area (Å²) < 4.78 is 7.59. The zero-order chi connectivity index (χ0) is 21.0. The lowest BCUT2D eigenvalue weighted by molar-refractivity contribution is 0.0322. The molecule has 0 bridgehead atoms. The molecular weight excluding hydrogens is 398 g/mol. The second-order valence-corrected chi connectivity index (χ2v) is 9.29. The lowest BCUT2D eigenvalue weighted by Crippen LogP contribution is -2.18. The number of nitrogens with zero attached hydrogens (tertiary/aromatic N) is 2. The molecule has 1 aliphatic rings. The van der Waals surface area contributed by atoms with E-state index in [-0.39, 0.29) is 5.56 Å². The summed E-state index contributed by atoms with van der Waals surface area (Å²) in [7, 11) is 1.90. The van der Waals surface area contributed by atoms with Crippen molar-refractivity contribution in [3.8, 4) is 0 Å². The van der Waals surface area contributed by atoms with Crippen LogP contribution in [0.15, 0.2) is 35.3 Å². The van der Waals surface area contributed by atoms with Crippen molar-refractivity contribution in [3.05, 3.63) is 62.6 Å². The van der Waals surface area contributed by atoms with Crippen molar-refractivity contribution in [2.45, 2.75) is 39.2 Å². The topological polar surface area (TPSA) is 77.0 Å². The van der Waals surface area contributed by atoms with Gasteiger partial charge in [-0.2, -0.15) is 0 Å². The molecule has 0 saturated heterocycles. The van der Waals surface area contributed by atoms with Crippen LogP contribution < -0.4 is 5.56 Å². The number of para-hydroxylation sites is 1. The Bertz CT molecular complexity index is 1350. The maximum Gasteiger partial charge on any atom is 0.341 e. The van der Waals surface area contributed by atoms with Crippen molar-refractivity contribution < 1.29 is 9.53 Å². The minimum Gasteiger partial charge on any atom is -0.451 e. The molecule has 154 valence electrons. The van der Waals surface area contributed by atoms with Crippen LogP contribution in [-0.2, 0) is 24.6 Å². The van der Waals surface area contributed by atoms with E-state index >= 15 is 0 Å². The van der Waals surface area contributed by atoms with Crippen molar-refractivity contribution in [1.82, 2.24) is 14.5 Å². The molecule has 4 aromatic rings. The zero-order valence-corrected chi connectivity index (χ0v) is 18.0. The highest BCUT2D eigenvalue weighted by Crippen LogP contribution is 2.36. The van der Waals surface area contributed by atoms with Gasteiger partial charge in [0.1, 0.15) is 4.83 Å². The van der Waals surface area contributed by atoms with Crippen LogP contribution in [0.4, 0.5) is 0 Å². The SMILES string of the molecule is C[C@@H]1CCc2c(sc3nc([C@@H](C)OC(=O)c4cn(C)c5ccccc45)[nH]c(=O)c23)C1. The molecule has 0 radical (unpaired) electrons. The molecule has 6 nitrogen and oxygen atoms in total. The number of hydrogen-bond donors (Lipinski definition) is 1. The molecule has 0 fully saturated rings. The van der Waals surface area contributed by atoms with Gasteiger partial charge in [0.05, 0.1) is 10.9 Å². The van der Waals surface area contributed by atoms with E-state index in [2.05, 4.69) is 16.9 Å². The van der Waals surface area contributed by atoms with E-state index in [0.717, 1.165) is 40.6 Å². The molecule has 0 spiro atoms. The van der Waals surface area contributed by atoms with Crippen molar-refractivity contribution >= 4 is 38.4 Å². The maximum absolute atomic E-state index is 12.8. The van der Waals surface area contributed by atoms with Gasteiger partial charge in [-0.25, -0.2) is 9.78 Å². The lowest BCUT2D eigenvalue weighted by atomic mass is 9.89. The van der Waals surface area contributed by atoms with Gasteiger partial charge in [0, 0.05) is 29.0 Å². The summed E-state index contributed by atoms with van der Waals surface area (Å²) in [5, 5.41) is 1.55. The largest absolute Gasteiger partial charge is 0.451 e. The van der Waals surface area contributed by atoms with E-state index in [4.69, 9.17) is 4.74 Å². The number of aromatic nitrogens is 3. The average Bonchev–Trinajstić information content (AvgIpc) is 3.25. The van der Waals surface area contributed by atoms with Crippen LogP contribution >= 0.6 is 11.3 Å². The standard InChI is InChI=1S/C23H23N3O3S/c1-12-8-9-15-18(10-12)30-22-19(15)21(27)24-20(25-22)13(2)29-23(28)16-11-26(3)17-7-5-4-6-14(16)17/h4-7,11-13H,8-10H2,1-3H3,(H,24,25,27)/t12-,13-/m1/s1. The van der Waals surface area contributed by atoms with E-state index in [9.17, 15) is 9.59 Å². The highest BCUT2D eigenvalue weighted by molar-refractivity contribution is 7.18.